The first-order valence-corrected chi connectivity index (χ1v) is 6.02. The fraction of sp³-hybridized carbons (Fsp3) is 0.615. The van der Waals surface area contributed by atoms with Gasteiger partial charge in [-0.15, -0.1) is 0 Å². The fourth-order valence-electron chi connectivity index (χ4n) is 1.21. The highest BCUT2D eigenvalue weighted by Gasteiger charge is 2.09. The number of hydrogen-bond acceptors (Lipinski definition) is 4. The lowest BCUT2D eigenvalue weighted by Crippen LogP contribution is -2.05. The van der Waals surface area contributed by atoms with E-state index in [1.54, 1.807) is 12.3 Å². The monoisotopic (exact) mass is 253 g/mol. The van der Waals surface area contributed by atoms with E-state index in [0.717, 1.165) is 18.5 Å². The van der Waals surface area contributed by atoms with Crippen LogP contribution < -0.4 is 5.73 Å². The van der Waals surface area contributed by atoms with Crippen LogP contribution in [0.5, 0.6) is 0 Å². The van der Waals surface area contributed by atoms with Crippen LogP contribution in [0.15, 0.2) is 18.6 Å². The van der Waals surface area contributed by atoms with Crippen LogP contribution in [-0.2, 0) is 11.3 Å². The van der Waals surface area contributed by atoms with E-state index in [2.05, 4.69) is 30.7 Å². The second-order valence-corrected chi connectivity index (χ2v) is 5.21. The summed E-state index contributed by atoms with van der Waals surface area (Å²) in [5.41, 5.74) is 6.41. The number of carboxylic acid groups (broad SMARTS) is 1. The number of carbonyl (C=O) groups is 1. The second-order valence-electron chi connectivity index (χ2n) is 5.21. The van der Waals surface area contributed by atoms with Gasteiger partial charge in [0.05, 0.1) is 5.69 Å². The molecule has 0 aliphatic rings. The lowest BCUT2D eigenvalue weighted by molar-refractivity contribution is -0.137. The van der Waals surface area contributed by atoms with E-state index >= 15 is 0 Å². The average Bonchev–Trinajstić information content (AvgIpc) is 2.29. The number of hydrogen-bond donors (Lipinski definition) is 2. The zero-order chi connectivity index (χ0) is 14.0. The zero-order valence-corrected chi connectivity index (χ0v) is 11.4. The maximum atomic E-state index is 10.1. The van der Waals surface area contributed by atoms with Gasteiger partial charge < -0.3 is 10.8 Å². The Labute approximate surface area is 108 Å². The van der Waals surface area contributed by atoms with Crippen molar-refractivity contribution >= 4 is 5.97 Å². The van der Waals surface area contributed by atoms with Crippen molar-refractivity contribution in [1.29, 1.82) is 0 Å². The Morgan fingerprint density at radius 3 is 2.44 bits per heavy atom. The Balaban J connectivity index is 0.000000327. The first-order chi connectivity index (χ1) is 8.35. The van der Waals surface area contributed by atoms with Crippen molar-refractivity contribution in [1.82, 2.24) is 9.97 Å². The van der Waals surface area contributed by atoms with Crippen LogP contribution in [0.2, 0.25) is 0 Å². The van der Waals surface area contributed by atoms with E-state index in [-0.39, 0.29) is 5.41 Å². The maximum Gasteiger partial charge on any atom is 0.303 e. The van der Waals surface area contributed by atoms with Crippen LogP contribution in [0.1, 0.15) is 45.7 Å². The van der Waals surface area contributed by atoms with Crippen LogP contribution in [0.4, 0.5) is 0 Å². The lowest BCUT2D eigenvalue weighted by atomic mass is 9.90. The molecule has 1 heterocycles. The van der Waals surface area contributed by atoms with E-state index in [9.17, 15) is 4.79 Å². The highest BCUT2D eigenvalue weighted by Crippen LogP contribution is 2.21. The van der Waals surface area contributed by atoms with Gasteiger partial charge in [-0.05, 0) is 24.3 Å². The SMILES string of the molecule is CC(C)(C)CCCC(=O)O.NCc1ccncn1. The molecule has 0 bridgehead atoms. The molecule has 5 nitrogen and oxygen atoms in total. The Kier molecular flexibility index (Phi) is 7.87. The van der Waals surface area contributed by atoms with Crippen LogP contribution in [0.25, 0.3) is 0 Å². The summed E-state index contributed by atoms with van der Waals surface area (Å²) in [6.07, 6.45) is 5.24. The zero-order valence-electron chi connectivity index (χ0n) is 11.4. The number of nitrogens with zero attached hydrogens (tertiary/aromatic N) is 2. The lowest BCUT2D eigenvalue weighted by Gasteiger charge is -2.16. The van der Waals surface area contributed by atoms with Crippen molar-refractivity contribution < 1.29 is 9.90 Å². The van der Waals surface area contributed by atoms with Gasteiger partial charge in [0.1, 0.15) is 6.33 Å². The third-order valence-corrected chi connectivity index (χ3v) is 2.17. The van der Waals surface area contributed by atoms with Crippen molar-refractivity contribution in [2.75, 3.05) is 0 Å². The summed E-state index contributed by atoms with van der Waals surface area (Å²) in [6.45, 7) is 6.85. The molecule has 0 fully saturated rings. The Morgan fingerprint density at radius 1 is 1.44 bits per heavy atom. The van der Waals surface area contributed by atoms with Gasteiger partial charge in [0.15, 0.2) is 0 Å². The molecular formula is C13H23N3O2. The van der Waals surface area contributed by atoms with Gasteiger partial charge in [-0.25, -0.2) is 9.97 Å². The molecule has 1 aromatic rings. The molecule has 0 aromatic carbocycles. The van der Waals surface area contributed by atoms with Crippen molar-refractivity contribution in [3.63, 3.8) is 0 Å². The minimum absolute atomic E-state index is 0.273. The van der Waals surface area contributed by atoms with Crippen LogP contribution in [0.3, 0.4) is 0 Å². The minimum atomic E-state index is -0.691. The van der Waals surface area contributed by atoms with Crippen molar-refractivity contribution in [3.05, 3.63) is 24.3 Å². The summed E-state index contributed by atoms with van der Waals surface area (Å²) < 4.78 is 0. The summed E-state index contributed by atoms with van der Waals surface area (Å²) in [6, 6.07) is 1.79. The topological polar surface area (TPSA) is 89.1 Å². The highest BCUT2D eigenvalue weighted by molar-refractivity contribution is 5.66. The van der Waals surface area contributed by atoms with Gasteiger partial charge in [-0.3, -0.25) is 4.79 Å². The molecule has 0 aliphatic heterocycles. The molecule has 5 heteroatoms. The number of carboxylic acids is 1. The molecule has 0 saturated carbocycles. The first kappa shape index (κ1) is 16.5. The number of aromatic nitrogens is 2. The first-order valence-electron chi connectivity index (χ1n) is 6.02. The molecular weight excluding hydrogens is 230 g/mol. The Bertz CT molecular complexity index is 334. The summed E-state index contributed by atoms with van der Waals surface area (Å²) in [5.74, 6) is -0.691. The highest BCUT2D eigenvalue weighted by atomic mass is 16.4. The van der Waals surface area contributed by atoms with Gasteiger partial charge in [0, 0.05) is 19.2 Å². The molecule has 0 spiro atoms. The summed E-state index contributed by atoms with van der Waals surface area (Å²) in [7, 11) is 0. The third kappa shape index (κ3) is 11.0. The van der Waals surface area contributed by atoms with Crippen LogP contribution in [-0.4, -0.2) is 21.0 Å². The minimum Gasteiger partial charge on any atom is -0.481 e. The molecule has 0 radical (unpaired) electrons. The van der Waals surface area contributed by atoms with Crippen molar-refractivity contribution in [2.24, 2.45) is 11.1 Å². The second kappa shape index (κ2) is 8.58. The molecule has 1 rings (SSSR count). The average molecular weight is 253 g/mol. The van der Waals surface area contributed by atoms with Gasteiger partial charge >= 0.3 is 5.97 Å². The smallest absolute Gasteiger partial charge is 0.303 e. The van der Waals surface area contributed by atoms with E-state index < -0.39 is 5.97 Å². The molecule has 0 amide bonds. The normalized spacial score (nSPS) is 10.4. The Hall–Kier alpha value is -1.49. The van der Waals surface area contributed by atoms with E-state index in [1.165, 1.54) is 6.33 Å². The largest absolute Gasteiger partial charge is 0.481 e. The van der Waals surface area contributed by atoms with Gasteiger partial charge in [-0.2, -0.15) is 0 Å². The predicted molar refractivity (Wildman–Crippen MR) is 70.9 cm³/mol. The fourth-order valence-corrected chi connectivity index (χ4v) is 1.21. The van der Waals surface area contributed by atoms with Crippen LogP contribution >= 0.6 is 0 Å². The molecule has 102 valence electrons. The van der Waals surface area contributed by atoms with Gasteiger partial charge in [0.25, 0.3) is 0 Å². The van der Waals surface area contributed by atoms with Gasteiger partial charge in [-0.1, -0.05) is 20.8 Å². The predicted octanol–water partition coefficient (Wildman–Crippen LogP) is 2.22. The van der Waals surface area contributed by atoms with Gasteiger partial charge in [0.2, 0.25) is 0 Å². The molecule has 3 N–H and O–H groups in total. The van der Waals surface area contributed by atoms with E-state index in [0.29, 0.717) is 13.0 Å². The summed E-state index contributed by atoms with van der Waals surface area (Å²) >= 11 is 0. The van der Waals surface area contributed by atoms with Crippen molar-refractivity contribution in [2.45, 2.75) is 46.6 Å². The third-order valence-electron chi connectivity index (χ3n) is 2.17. The molecule has 0 unspecified atom stereocenters. The van der Waals surface area contributed by atoms with Crippen molar-refractivity contribution in [3.8, 4) is 0 Å². The molecule has 18 heavy (non-hydrogen) atoms. The number of rotatable bonds is 4. The molecule has 1 aromatic heterocycles. The molecule has 0 aliphatic carbocycles. The van der Waals surface area contributed by atoms with E-state index in [1.807, 2.05) is 0 Å². The maximum absolute atomic E-state index is 10.1. The Morgan fingerprint density at radius 2 is 2.11 bits per heavy atom. The number of aliphatic carboxylic acids is 1. The van der Waals surface area contributed by atoms with Crippen LogP contribution in [0, 0.1) is 5.41 Å². The molecule has 0 saturated heterocycles. The quantitative estimate of drug-likeness (QED) is 0.858. The summed E-state index contributed by atoms with van der Waals surface area (Å²) in [4.78, 5) is 17.7. The number of nitrogens with two attached hydrogens (primary N) is 1. The molecule has 0 atom stereocenters. The van der Waals surface area contributed by atoms with E-state index in [4.69, 9.17) is 10.8 Å². The standard InChI is InChI=1S/C8H16O2.C5H7N3/c1-8(2,3)6-4-5-7(9)10;6-3-5-1-2-7-4-8-5/h4-6H2,1-3H3,(H,9,10);1-2,4H,3,6H2. The summed E-state index contributed by atoms with van der Waals surface area (Å²) in [5, 5.41) is 8.31.